The summed E-state index contributed by atoms with van der Waals surface area (Å²) in [7, 11) is 0. The van der Waals surface area contributed by atoms with Crippen LogP contribution in [0.15, 0.2) is 29.6 Å². The van der Waals surface area contributed by atoms with Gasteiger partial charge in [0.05, 0.1) is 22.8 Å². The first-order chi connectivity index (χ1) is 9.54. The summed E-state index contributed by atoms with van der Waals surface area (Å²) in [5.74, 6) is -0.397. The van der Waals surface area contributed by atoms with Gasteiger partial charge in [-0.15, -0.1) is 11.3 Å². The van der Waals surface area contributed by atoms with Crippen LogP contribution in [0.5, 0.6) is 5.75 Å². The van der Waals surface area contributed by atoms with Crippen LogP contribution in [0.1, 0.15) is 10.7 Å². The lowest BCUT2D eigenvalue weighted by Crippen LogP contribution is -2.16. The number of carbonyl (C=O) groups is 1. The number of nitrogens with one attached hydrogen (secondary N) is 1. The first-order valence-electron chi connectivity index (χ1n) is 5.79. The van der Waals surface area contributed by atoms with Gasteiger partial charge in [-0.25, -0.2) is 4.98 Å². The Hall–Kier alpha value is -2.02. The summed E-state index contributed by atoms with van der Waals surface area (Å²) in [6.07, 6.45) is 0.0906. The van der Waals surface area contributed by atoms with Crippen LogP contribution in [0.3, 0.4) is 0 Å². The number of carbonyl (C=O) groups excluding carboxylic acids is 1. The third-order valence-corrected chi connectivity index (χ3v) is 3.21. The second-order valence-electron chi connectivity index (χ2n) is 3.96. The molecule has 0 aliphatic rings. The number of amides is 1. The number of para-hydroxylation sites is 2. The fraction of sp³-hybridized carbons (Fsp3) is 0.231. The van der Waals surface area contributed by atoms with E-state index in [2.05, 4.69) is 15.0 Å². The molecule has 0 aliphatic carbocycles. The lowest BCUT2D eigenvalue weighted by molar-refractivity contribution is -0.115. The van der Waals surface area contributed by atoms with E-state index in [-0.39, 0.29) is 23.8 Å². The highest BCUT2D eigenvalue weighted by atomic mass is 32.1. The van der Waals surface area contributed by atoms with E-state index in [9.17, 15) is 13.6 Å². The van der Waals surface area contributed by atoms with Crippen LogP contribution in [0.4, 0.5) is 14.5 Å². The minimum atomic E-state index is -2.94. The van der Waals surface area contributed by atoms with Crippen molar-refractivity contribution in [1.82, 2.24) is 4.98 Å². The highest BCUT2D eigenvalue weighted by molar-refractivity contribution is 7.09. The zero-order valence-corrected chi connectivity index (χ0v) is 11.4. The van der Waals surface area contributed by atoms with E-state index < -0.39 is 6.61 Å². The maximum absolute atomic E-state index is 12.2. The number of benzene rings is 1. The summed E-state index contributed by atoms with van der Waals surface area (Å²) in [6, 6.07) is 6.05. The molecule has 7 heteroatoms. The normalized spacial score (nSPS) is 10.6. The highest BCUT2D eigenvalue weighted by Crippen LogP contribution is 2.25. The molecule has 4 nitrogen and oxygen atoms in total. The maximum atomic E-state index is 12.2. The molecule has 0 bridgehead atoms. The van der Waals surface area contributed by atoms with E-state index in [1.165, 1.54) is 23.5 Å². The Balaban J connectivity index is 2.04. The molecule has 2 rings (SSSR count). The molecule has 1 aromatic heterocycles. The number of aryl methyl sites for hydroxylation is 1. The van der Waals surface area contributed by atoms with E-state index in [0.717, 1.165) is 5.01 Å². The van der Waals surface area contributed by atoms with Gasteiger partial charge in [-0.05, 0) is 19.1 Å². The lowest BCUT2D eigenvalue weighted by Gasteiger charge is -2.11. The molecule has 1 amide bonds. The third-order valence-electron chi connectivity index (χ3n) is 2.39. The Morgan fingerprint density at radius 2 is 2.20 bits per heavy atom. The minimum absolute atomic E-state index is 0.0645. The summed E-state index contributed by atoms with van der Waals surface area (Å²) in [5, 5.41) is 5.20. The van der Waals surface area contributed by atoms with Gasteiger partial charge in [0.25, 0.3) is 0 Å². The molecule has 0 spiro atoms. The Kier molecular flexibility index (Phi) is 4.62. The first-order valence-corrected chi connectivity index (χ1v) is 6.67. The molecule has 1 aromatic carbocycles. The molecule has 2 aromatic rings. The van der Waals surface area contributed by atoms with Gasteiger partial charge in [0.1, 0.15) is 5.75 Å². The van der Waals surface area contributed by atoms with Crippen molar-refractivity contribution >= 4 is 22.9 Å². The topological polar surface area (TPSA) is 51.2 Å². The van der Waals surface area contributed by atoms with Crippen molar-refractivity contribution in [3.05, 3.63) is 40.3 Å². The molecule has 1 heterocycles. The molecule has 0 unspecified atom stereocenters. The molecule has 0 atom stereocenters. The summed E-state index contributed by atoms with van der Waals surface area (Å²) in [5.41, 5.74) is 0.863. The number of alkyl halides is 2. The molecular formula is C13H12F2N2O2S. The number of hydrogen-bond acceptors (Lipinski definition) is 4. The molecule has 0 aliphatic heterocycles. The molecule has 106 valence electrons. The van der Waals surface area contributed by atoms with Crippen molar-refractivity contribution in [2.45, 2.75) is 20.0 Å². The van der Waals surface area contributed by atoms with Crippen molar-refractivity contribution in [3.8, 4) is 5.75 Å². The van der Waals surface area contributed by atoms with Gasteiger partial charge in [0.15, 0.2) is 0 Å². The highest BCUT2D eigenvalue weighted by Gasteiger charge is 2.12. The molecule has 0 saturated heterocycles. The van der Waals surface area contributed by atoms with Crippen LogP contribution >= 0.6 is 11.3 Å². The number of thiazole rings is 1. The van der Waals surface area contributed by atoms with E-state index in [4.69, 9.17) is 0 Å². The molecule has 0 saturated carbocycles. The van der Waals surface area contributed by atoms with Crippen LogP contribution in [0, 0.1) is 6.92 Å². The number of halogens is 2. The number of anilines is 1. The van der Waals surface area contributed by atoms with E-state index in [0.29, 0.717) is 5.69 Å². The van der Waals surface area contributed by atoms with Gasteiger partial charge in [-0.1, -0.05) is 12.1 Å². The maximum Gasteiger partial charge on any atom is 0.387 e. The van der Waals surface area contributed by atoms with E-state index >= 15 is 0 Å². The number of aromatic nitrogens is 1. The van der Waals surface area contributed by atoms with Gasteiger partial charge in [0.2, 0.25) is 5.91 Å². The Morgan fingerprint density at radius 3 is 2.85 bits per heavy atom. The molecule has 0 radical (unpaired) electrons. The summed E-state index contributed by atoms with van der Waals surface area (Å²) >= 11 is 1.45. The second-order valence-corrected chi connectivity index (χ2v) is 5.02. The average Bonchev–Trinajstić information content (AvgIpc) is 2.76. The Morgan fingerprint density at radius 1 is 1.45 bits per heavy atom. The predicted octanol–water partition coefficient (Wildman–Crippen LogP) is 3.23. The van der Waals surface area contributed by atoms with Gasteiger partial charge < -0.3 is 10.1 Å². The van der Waals surface area contributed by atoms with Crippen LogP contribution in [0.25, 0.3) is 0 Å². The second kappa shape index (κ2) is 6.42. The predicted molar refractivity (Wildman–Crippen MR) is 72.3 cm³/mol. The molecular weight excluding hydrogens is 286 g/mol. The van der Waals surface area contributed by atoms with Gasteiger partial charge in [-0.3, -0.25) is 4.79 Å². The van der Waals surface area contributed by atoms with Crippen LogP contribution in [0.2, 0.25) is 0 Å². The zero-order chi connectivity index (χ0) is 14.5. The summed E-state index contributed by atoms with van der Waals surface area (Å²) < 4.78 is 28.8. The number of nitrogens with zero attached hydrogens (tertiary/aromatic N) is 1. The first kappa shape index (κ1) is 14.4. The van der Waals surface area contributed by atoms with Crippen molar-refractivity contribution in [2.24, 2.45) is 0 Å². The summed E-state index contributed by atoms with van der Waals surface area (Å²) in [4.78, 5) is 16.0. The van der Waals surface area contributed by atoms with Gasteiger partial charge in [-0.2, -0.15) is 8.78 Å². The molecule has 1 N–H and O–H groups in total. The Bertz CT molecular complexity index is 602. The van der Waals surface area contributed by atoms with Crippen molar-refractivity contribution in [2.75, 3.05) is 5.32 Å². The quantitative estimate of drug-likeness (QED) is 0.922. The van der Waals surface area contributed by atoms with Crippen molar-refractivity contribution < 1.29 is 18.3 Å². The largest absolute Gasteiger partial charge is 0.433 e. The Labute approximate surface area is 118 Å². The number of ether oxygens (including phenoxy) is 1. The van der Waals surface area contributed by atoms with Crippen LogP contribution in [-0.2, 0) is 11.2 Å². The zero-order valence-electron chi connectivity index (χ0n) is 10.6. The summed E-state index contributed by atoms with van der Waals surface area (Å²) in [6.45, 7) is -1.09. The van der Waals surface area contributed by atoms with Crippen molar-refractivity contribution in [3.63, 3.8) is 0 Å². The average molecular weight is 298 g/mol. The fourth-order valence-electron chi connectivity index (χ4n) is 1.62. The minimum Gasteiger partial charge on any atom is -0.433 e. The van der Waals surface area contributed by atoms with E-state index in [1.807, 2.05) is 6.92 Å². The van der Waals surface area contributed by atoms with Gasteiger partial charge >= 0.3 is 6.61 Å². The fourth-order valence-corrected chi connectivity index (χ4v) is 2.23. The number of hydrogen-bond donors (Lipinski definition) is 1. The van der Waals surface area contributed by atoms with Gasteiger partial charge in [0, 0.05) is 5.38 Å². The van der Waals surface area contributed by atoms with Crippen LogP contribution in [-0.4, -0.2) is 17.5 Å². The SMILES string of the molecule is Cc1nc(CC(=O)Nc2ccccc2OC(F)F)cs1. The monoisotopic (exact) mass is 298 g/mol. The molecule has 0 fully saturated rings. The standard InChI is InChI=1S/C13H12F2N2O2S/c1-8-16-9(7-20-8)6-12(18)17-10-4-2-3-5-11(10)19-13(14)15/h2-5,7,13H,6H2,1H3,(H,17,18). The van der Waals surface area contributed by atoms with Crippen molar-refractivity contribution in [1.29, 1.82) is 0 Å². The smallest absolute Gasteiger partial charge is 0.387 e. The third kappa shape index (κ3) is 3.99. The van der Waals surface area contributed by atoms with Crippen LogP contribution < -0.4 is 10.1 Å². The molecule has 20 heavy (non-hydrogen) atoms. The number of rotatable bonds is 5. The lowest BCUT2D eigenvalue weighted by atomic mass is 10.2. The van der Waals surface area contributed by atoms with E-state index in [1.54, 1.807) is 17.5 Å².